The molecule has 0 spiro atoms. The van der Waals surface area contributed by atoms with Gasteiger partial charge in [0, 0.05) is 13.6 Å². The Balaban J connectivity index is 1.92. The van der Waals surface area contributed by atoms with Crippen LogP contribution in [0.3, 0.4) is 0 Å². The van der Waals surface area contributed by atoms with Gasteiger partial charge in [-0.05, 0) is 38.5 Å². The van der Waals surface area contributed by atoms with Crippen LogP contribution in [0.4, 0.5) is 10.1 Å². The average molecular weight is 374 g/mol. The number of amides is 2. The van der Waals surface area contributed by atoms with E-state index in [2.05, 4.69) is 10.4 Å². The largest absolute Gasteiger partial charge is 0.356 e. The maximum absolute atomic E-state index is 13.7. The van der Waals surface area contributed by atoms with Crippen LogP contribution in [-0.2, 0) is 20.9 Å². The Bertz CT molecular complexity index is 880. The molecule has 2 amide bonds. The Labute approximate surface area is 157 Å². The Morgan fingerprint density at radius 1 is 1.41 bits per heavy atom. The third-order valence-electron chi connectivity index (χ3n) is 4.86. The highest BCUT2D eigenvalue weighted by molar-refractivity contribution is 5.97. The second kappa shape index (κ2) is 7.48. The van der Waals surface area contributed by atoms with Crippen LogP contribution in [0.2, 0.25) is 0 Å². The van der Waals surface area contributed by atoms with E-state index in [1.165, 1.54) is 17.0 Å². The summed E-state index contributed by atoms with van der Waals surface area (Å²) in [5.74, 6) is -1.10. The molecule has 1 aliphatic heterocycles. The van der Waals surface area contributed by atoms with E-state index in [0.717, 1.165) is 5.69 Å². The fourth-order valence-electron chi connectivity index (χ4n) is 3.40. The monoisotopic (exact) mass is 374 g/mol. The summed E-state index contributed by atoms with van der Waals surface area (Å²) in [6, 6.07) is 5.14. The molecular formula is C19H23FN4O3. The van der Waals surface area contributed by atoms with Crippen LogP contribution in [0, 0.1) is 19.7 Å². The fourth-order valence-corrected chi connectivity index (χ4v) is 3.40. The van der Waals surface area contributed by atoms with Gasteiger partial charge < -0.3 is 15.0 Å². The summed E-state index contributed by atoms with van der Waals surface area (Å²) < 4.78 is 21.1. The maximum Gasteiger partial charge on any atom is 0.256 e. The van der Waals surface area contributed by atoms with E-state index in [9.17, 15) is 14.0 Å². The van der Waals surface area contributed by atoms with E-state index in [0.29, 0.717) is 23.5 Å². The summed E-state index contributed by atoms with van der Waals surface area (Å²) in [5.41, 5.74) is 2.67. The summed E-state index contributed by atoms with van der Waals surface area (Å²) in [7, 11) is 1.59. The number of nitrogens with one attached hydrogen (secondary N) is 1. The van der Waals surface area contributed by atoms with Gasteiger partial charge in [0.25, 0.3) is 5.91 Å². The number of aryl methyl sites for hydroxylation is 2. The summed E-state index contributed by atoms with van der Waals surface area (Å²) in [4.78, 5) is 26.5. The van der Waals surface area contributed by atoms with Crippen molar-refractivity contribution in [2.45, 2.75) is 39.5 Å². The predicted octanol–water partition coefficient (Wildman–Crippen LogP) is 2.20. The zero-order valence-corrected chi connectivity index (χ0v) is 15.8. The number of likely N-dealkylation sites (N-methyl/N-ethyl adjacent to an activating group) is 1. The highest BCUT2D eigenvalue weighted by atomic mass is 19.1. The van der Waals surface area contributed by atoms with Crippen molar-refractivity contribution in [3.8, 4) is 0 Å². The van der Waals surface area contributed by atoms with Crippen LogP contribution in [0.15, 0.2) is 24.3 Å². The Morgan fingerprint density at radius 3 is 2.78 bits per heavy atom. The van der Waals surface area contributed by atoms with Crippen LogP contribution < -0.4 is 5.32 Å². The van der Waals surface area contributed by atoms with E-state index in [4.69, 9.17) is 4.74 Å². The molecule has 144 valence electrons. The number of aromatic nitrogens is 2. The van der Waals surface area contributed by atoms with Crippen LogP contribution in [0.1, 0.15) is 29.9 Å². The molecule has 1 saturated heterocycles. The maximum atomic E-state index is 13.7. The lowest BCUT2D eigenvalue weighted by molar-refractivity contribution is -0.160. The van der Waals surface area contributed by atoms with Gasteiger partial charge in [-0.15, -0.1) is 0 Å². The molecular weight excluding hydrogens is 351 g/mol. The molecule has 0 radical (unpaired) electrons. The van der Waals surface area contributed by atoms with Gasteiger partial charge in [-0.1, -0.05) is 12.1 Å². The molecule has 3 rings (SSSR count). The minimum atomic E-state index is -0.960. The van der Waals surface area contributed by atoms with E-state index < -0.39 is 23.9 Å². The summed E-state index contributed by atoms with van der Waals surface area (Å²) in [6.45, 7) is 6.14. The van der Waals surface area contributed by atoms with E-state index >= 15 is 0 Å². The number of ether oxygens (including phenoxy) is 1. The van der Waals surface area contributed by atoms with Crippen LogP contribution >= 0.6 is 0 Å². The number of hydrogen-bond donors (Lipinski definition) is 1. The van der Waals surface area contributed by atoms with Crippen molar-refractivity contribution in [2.75, 3.05) is 19.0 Å². The first kappa shape index (κ1) is 19.0. The Hall–Kier alpha value is -2.74. The molecule has 1 aromatic heterocycles. The van der Waals surface area contributed by atoms with Gasteiger partial charge in [0.05, 0.1) is 23.1 Å². The second-order valence-corrected chi connectivity index (χ2v) is 6.59. The van der Waals surface area contributed by atoms with Crippen molar-refractivity contribution in [3.63, 3.8) is 0 Å². The molecule has 1 aromatic carbocycles. The van der Waals surface area contributed by atoms with Crippen molar-refractivity contribution >= 4 is 17.5 Å². The van der Waals surface area contributed by atoms with Crippen molar-refractivity contribution < 1.29 is 18.7 Å². The standard InChI is InChI=1S/C19H23FN4O3/c1-5-24-12(3)16(11(2)22-24)21-19(26)18-17(23(4)15(25)10-27-18)13-7-6-8-14(20)9-13/h6-9,17-18H,5,10H2,1-4H3,(H,21,26). The number of halogens is 1. The third-order valence-corrected chi connectivity index (χ3v) is 4.86. The molecule has 1 N–H and O–H groups in total. The number of anilines is 1. The quantitative estimate of drug-likeness (QED) is 0.890. The highest BCUT2D eigenvalue weighted by Crippen LogP contribution is 2.31. The Kier molecular flexibility index (Phi) is 5.27. The predicted molar refractivity (Wildman–Crippen MR) is 97.7 cm³/mol. The first-order valence-corrected chi connectivity index (χ1v) is 8.81. The second-order valence-electron chi connectivity index (χ2n) is 6.59. The molecule has 27 heavy (non-hydrogen) atoms. The third kappa shape index (κ3) is 3.57. The molecule has 0 bridgehead atoms. The molecule has 0 aliphatic carbocycles. The first-order chi connectivity index (χ1) is 12.8. The number of carbonyl (C=O) groups excluding carboxylic acids is 2. The molecule has 2 unspecified atom stereocenters. The zero-order valence-electron chi connectivity index (χ0n) is 15.8. The molecule has 2 atom stereocenters. The zero-order chi connectivity index (χ0) is 19.7. The van der Waals surface area contributed by atoms with Crippen molar-refractivity contribution in [2.24, 2.45) is 0 Å². The lowest BCUT2D eigenvalue weighted by Gasteiger charge is -2.38. The number of nitrogens with zero attached hydrogens (tertiary/aromatic N) is 3. The topological polar surface area (TPSA) is 76.5 Å². The SMILES string of the molecule is CCn1nc(C)c(NC(=O)C2OCC(=O)N(C)C2c2cccc(F)c2)c1C. The van der Waals surface area contributed by atoms with Gasteiger partial charge >= 0.3 is 0 Å². The van der Waals surface area contributed by atoms with Gasteiger partial charge in [0.1, 0.15) is 12.4 Å². The van der Waals surface area contributed by atoms with Gasteiger partial charge in [-0.25, -0.2) is 4.39 Å². The number of benzene rings is 1. The van der Waals surface area contributed by atoms with E-state index in [1.54, 1.807) is 23.9 Å². The van der Waals surface area contributed by atoms with Crippen LogP contribution in [0.5, 0.6) is 0 Å². The summed E-state index contributed by atoms with van der Waals surface area (Å²) >= 11 is 0. The van der Waals surface area contributed by atoms with Crippen LogP contribution in [-0.4, -0.2) is 46.3 Å². The molecule has 2 heterocycles. The molecule has 2 aromatic rings. The van der Waals surface area contributed by atoms with Crippen LogP contribution in [0.25, 0.3) is 0 Å². The first-order valence-electron chi connectivity index (χ1n) is 8.81. The van der Waals surface area contributed by atoms with Crippen molar-refractivity contribution in [1.29, 1.82) is 0 Å². The van der Waals surface area contributed by atoms with Gasteiger partial charge in [-0.3, -0.25) is 14.3 Å². The molecule has 0 saturated carbocycles. The lowest BCUT2D eigenvalue weighted by Crippen LogP contribution is -2.51. The molecule has 1 aliphatic rings. The average Bonchev–Trinajstić information content (AvgIpc) is 2.91. The van der Waals surface area contributed by atoms with Gasteiger partial charge in [-0.2, -0.15) is 5.10 Å². The van der Waals surface area contributed by atoms with Gasteiger partial charge in [0.2, 0.25) is 5.91 Å². The Morgan fingerprint density at radius 2 is 2.15 bits per heavy atom. The summed E-state index contributed by atoms with van der Waals surface area (Å²) in [6.07, 6.45) is -0.960. The number of hydrogen-bond acceptors (Lipinski definition) is 4. The number of carbonyl (C=O) groups is 2. The molecule has 7 nitrogen and oxygen atoms in total. The van der Waals surface area contributed by atoms with Crippen molar-refractivity contribution in [1.82, 2.24) is 14.7 Å². The fraction of sp³-hybridized carbons (Fsp3) is 0.421. The normalized spacial score (nSPS) is 20.0. The van der Waals surface area contributed by atoms with Crippen molar-refractivity contribution in [3.05, 3.63) is 47.0 Å². The van der Waals surface area contributed by atoms with E-state index in [1.807, 2.05) is 20.8 Å². The molecule has 8 heteroatoms. The minimum absolute atomic E-state index is 0.202. The number of morpholine rings is 1. The van der Waals surface area contributed by atoms with Gasteiger partial charge in [0.15, 0.2) is 6.10 Å². The number of rotatable bonds is 4. The minimum Gasteiger partial charge on any atom is -0.356 e. The van der Waals surface area contributed by atoms with E-state index in [-0.39, 0.29) is 12.5 Å². The molecule has 1 fully saturated rings. The smallest absolute Gasteiger partial charge is 0.256 e. The lowest BCUT2D eigenvalue weighted by atomic mass is 9.97. The highest BCUT2D eigenvalue weighted by Gasteiger charge is 2.40. The summed E-state index contributed by atoms with van der Waals surface area (Å²) in [5, 5.41) is 7.26.